The van der Waals surface area contributed by atoms with Crippen LogP contribution in [0.25, 0.3) is 0 Å². The summed E-state index contributed by atoms with van der Waals surface area (Å²) in [5.74, 6) is 0.569. The molecule has 0 aromatic carbocycles. The standard InChI is InChI=1S/C17H27N3O/c1-3-13-18-17(14-9-7-5-4-6-8-10-14)15-11-12-16(21-2)20-19-15/h9,11-12,17-18H,3-8,10,13H2,1-2H3/b14-9+. The Bertz CT molecular complexity index is 442. The van der Waals surface area contributed by atoms with Crippen molar-refractivity contribution in [2.75, 3.05) is 13.7 Å². The molecule has 1 aliphatic carbocycles. The van der Waals surface area contributed by atoms with Crippen LogP contribution in [0.1, 0.15) is 63.6 Å². The molecule has 21 heavy (non-hydrogen) atoms. The van der Waals surface area contributed by atoms with Crippen LogP contribution < -0.4 is 10.1 Å². The minimum absolute atomic E-state index is 0.196. The molecule has 0 spiro atoms. The molecule has 1 aromatic heterocycles. The zero-order valence-corrected chi connectivity index (χ0v) is 13.3. The smallest absolute Gasteiger partial charge is 0.233 e. The first-order chi connectivity index (χ1) is 10.3. The van der Waals surface area contributed by atoms with Gasteiger partial charge in [0.2, 0.25) is 5.88 Å². The van der Waals surface area contributed by atoms with Crippen molar-refractivity contribution in [1.29, 1.82) is 0 Å². The van der Waals surface area contributed by atoms with Gasteiger partial charge in [0.1, 0.15) is 0 Å². The van der Waals surface area contributed by atoms with Crippen molar-refractivity contribution in [2.24, 2.45) is 0 Å². The van der Waals surface area contributed by atoms with E-state index < -0.39 is 0 Å². The first-order valence-electron chi connectivity index (χ1n) is 8.15. The third-order valence-electron chi connectivity index (χ3n) is 3.96. The molecule has 116 valence electrons. The zero-order chi connectivity index (χ0) is 14.9. The summed E-state index contributed by atoms with van der Waals surface area (Å²) < 4.78 is 5.10. The zero-order valence-electron chi connectivity index (χ0n) is 13.3. The number of nitrogens with zero attached hydrogens (tertiary/aromatic N) is 2. The number of nitrogens with one attached hydrogen (secondary N) is 1. The number of ether oxygens (including phenoxy) is 1. The molecule has 1 aliphatic rings. The highest BCUT2D eigenvalue weighted by atomic mass is 16.5. The van der Waals surface area contributed by atoms with Gasteiger partial charge >= 0.3 is 0 Å². The molecule has 1 heterocycles. The molecule has 0 saturated heterocycles. The lowest BCUT2D eigenvalue weighted by Gasteiger charge is -2.23. The number of rotatable bonds is 6. The van der Waals surface area contributed by atoms with Gasteiger partial charge in [-0.05, 0) is 44.7 Å². The molecular formula is C17H27N3O. The topological polar surface area (TPSA) is 47.0 Å². The summed E-state index contributed by atoms with van der Waals surface area (Å²) in [5, 5.41) is 12.1. The Morgan fingerprint density at radius 3 is 2.76 bits per heavy atom. The van der Waals surface area contributed by atoms with Crippen LogP contribution in [-0.4, -0.2) is 23.9 Å². The van der Waals surface area contributed by atoms with E-state index in [4.69, 9.17) is 4.74 Å². The van der Waals surface area contributed by atoms with E-state index in [0.717, 1.165) is 25.1 Å². The highest BCUT2D eigenvalue weighted by molar-refractivity contribution is 5.24. The van der Waals surface area contributed by atoms with Gasteiger partial charge in [0.05, 0.1) is 18.8 Å². The number of allylic oxidation sites excluding steroid dienone is 1. The van der Waals surface area contributed by atoms with Gasteiger partial charge in [-0.25, -0.2) is 0 Å². The van der Waals surface area contributed by atoms with Gasteiger partial charge in [-0.2, -0.15) is 0 Å². The van der Waals surface area contributed by atoms with Crippen molar-refractivity contribution in [2.45, 2.75) is 57.9 Å². The van der Waals surface area contributed by atoms with E-state index in [9.17, 15) is 0 Å². The van der Waals surface area contributed by atoms with Crippen LogP contribution in [-0.2, 0) is 0 Å². The van der Waals surface area contributed by atoms with E-state index in [1.807, 2.05) is 12.1 Å². The average Bonchev–Trinajstić information content (AvgIpc) is 2.49. The lowest BCUT2D eigenvalue weighted by molar-refractivity contribution is 0.389. The summed E-state index contributed by atoms with van der Waals surface area (Å²) in [6.45, 7) is 3.19. The fourth-order valence-corrected chi connectivity index (χ4v) is 2.79. The summed E-state index contributed by atoms with van der Waals surface area (Å²) in [7, 11) is 1.62. The van der Waals surface area contributed by atoms with E-state index >= 15 is 0 Å². The first kappa shape index (κ1) is 16.0. The molecule has 0 aliphatic heterocycles. The Hall–Kier alpha value is -1.42. The third-order valence-corrected chi connectivity index (χ3v) is 3.96. The fraction of sp³-hybridized carbons (Fsp3) is 0.647. The molecule has 4 heteroatoms. The van der Waals surface area contributed by atoms with Gasteiger partial charge in [0.15, 0.2) is 0 Å². The Kier molecular flexibility index (Phi) is 6.67. The van der Waals surface area contributed by atoms with Gasteiger partial charge in [-0.1, -0.05) is 31.4 Å². The van der Waals surface area contributed by atoms with Gasteiger partial charge < -0.3 is 10.1 Å². The highest BCUT2D eigenvalue weighted by Crippen LogP contribution is 2.28. The fourth-order valence-electron chi connectivity index (χ4n) is 2.79. The second-order valence-electron chi connectivity index (χ2n) is 5.62. The normalized spacial score (nSPS) is 20.0. The van der Waals surface area contributed by atoms with Crippen LogP contribution in [0.4, 0.5) is 0 Å². The molecule has 1 atom stereocenters. The minimum Gasteiger partial charge on any atom is -0.480 e. The van der Waals surface area contributed by atoms with Crippen LogP contribution in [0.3, 0.4) is 0 Å². The quantitative estimate of drug-likeness (QED) is 0.809. The highest BCUT2D eigenvalue weighted by Gasteiger charge is 2.18. The van der Waals surface area contributed by atoms with Gasteiger partial charge in [0.25, 0.3) is 0 Å². The van der Waals surface area contributed by atoms with Crippen LogP contribution in [0, 0.1) is 0 Å². The third kappa shape index (κ3) is 4.81. The summed E-state index contributed by atoms with van der Waals surface area (Å²) in [4.78, 5) is 0. The SMILES string of the molecule is CCCNC(/C1=C/CCCCCC1)c1ccc(OC)nn1. The lowest BCUT2D eigenvalue weighted by Crippen LogP contribution is -2.25. The van der Waals surface area contributed by atoms with Crippen molar-refractivity contribution in [3.8, 4) is 5.88 Å². The molecular weight excluding hydrogens is 262 g/mol. The predicted octanol–water partition coefficient (Wildman–Crippen LogP) is 3.81. The molecule has 1 unspecified atom stereocenters. The predicted molar refractivity (Wildman–Crippen MR) is 85.4 cm³/mol. The van der Waals surface area contributed by atoms with Gasteiger partial charge in [0, 0.05) is 6.07 Å². The summed E-state index contributed by atoms with van der Waals surface area (Å²) >= 11 is 0. The van der Waals surface area contributed by atoms with Crippen molar-refractivity contribution in [1.82, 2.24) is 15.5 Å². The number of methoxy groups -OCH3 is 1. The first-order valence-corrected chi connectivity index (χ1v) is 8.15. The largest absolute Gasteiger partial charge is 0.480 e. The molecule has 4 nitrogen and oxygen atoms in total. The molecule has 2 rings (SSSR count). The van der Waals surface area contributed by atoms with E-state index in [0.29, 0.717) is 5.88 Å². The Morgan fingerprint density at radius 2 is 2.05 bits per heavy atom. The maximum atomic E-state index is 5.10. The monoisotopic (exact) mass is 289 g/mol. The van der Waals surface area contributed by atoms with Crippen molar-refractivity contribution in [3.05, 3.63) is 29.5 Å². The van der Waals surface area contributed by atoms with Crippen LogP contribution in [0.5, 0.6) is 5.88 Å². The maximum Gasteiger partial charge on any atom is 0.233 e. The van der Waals surface area contributed by atoms with Crippen molar-refractivity contribution >= 4 is 0 Å². The van der Waals surface area contributed by atoms with Crippen LogP contribution >= 0.6 is 0 Å². The van der Waals surface area contributed by atoms with E-state index in [-0.39, 0.29) is 6.04 Å². The summed E-state index contributed by atoms with van der Waals surface area (Å²) in [5.41, 5.74) is 2.47. The summed E-state index contributed by atoms with van der Waals surface area (Å²) in [6.07, 6.45) is 11.2. The van der Waals surface area contributed by atoms with Gasteiger partial charge in [-0.3, -0.25) is 0 Å². The van der Waals surface area contributed by atoms with Crippen molar-refractivity contribution < 1.29 is 4.74 Å². The van der Waals surface area contributed by atoms with E-state index in [1.165, 1.54) is 37.7 Å². The Balaban J connectivity index is 2.18. The molecule has 1 aromatic rings. The molecule has 0 saturated carbocycles. The molecule has 0 bridgehead atoms. The Morgan fingerprint density at radius 1 is 1.19 bits per heavy atom. The molecule has 1 N–H and O–H groups in total. The van der Waals surface area contributed by atoms with E-state index in [1.54, 1.807) is 7.11 Å². The molecule has 0 amide bonds. The van der Waals surface area contributed by atoms with Crippen molar-refractivity contribution in [3.63, 3.8) is 0 Å². The van der Waals surface area contributed by atoms with Crippen LogP contribution in [0.2, 0.25) is 0 Å². The van der Waals surface area contributed by atoms with E-state index in [2.05, 4.69) is 28.5 Å². The second kappa shape index (κ2) is 8.78. The van der Waals surface area contributed by atoms with Gasteiger partial charge in [-0.15, -0.1) is 10.2 Å². The van der Waals surface area contributed by atoms with Crippen LogP contribution in [0.15, 0.2) is 23.8 Å². The average molecular weight is 289 g/mol. The summed E-state index contributed by atoms with van der Waals surface area (Å²) in [6, 6.07) is 4.12. The molecule has 0 radical (unpaired) electrons. The number of hydrogen-bond acceptors (Lipinski definition) is 4. The minimum atomic E-state index is 0.196. The number of hydrogen-bond donors (Lipinski definition) is 1. The second-order valence-corrected chi connectivity index (χ2v) is 5.62. The number of aromatic nitrogens is 2. The lowest BCUT2D eigenvalue weighted by atomic mass is 9.93. The Labute approximate surface area is 128 Å². The molecule has 0 fully saturated rings. The maximum absolute atomic E-state index is 5.10.